The Balaban J connectivity index is 2.11. The smallest absolute Gasteiger partial charge is 0.376 e. The minimum absolute atomic E-state index is 0.253. The quantitative estimate of drug-likeness (QED) is 0.744. The van der Waals surface area contributed by atoms with E-state index in [0.29, 0.717) is 19.0 Å². The first-order chi connectivity index (χ1) is 9.11. The molecule has 19 heavy (non-hydrogen) atoms. The predicted molar refractivity (Wildman–Crippen MR) is 67.6 cm³/mol. The van der Waals surface area contributed by atoms with E-state index < -0.39 is 5.97 Å². The largest absolute Gasteiger partial charge is 0.460 e. The zero-order valence-corrected chi connectivity index (χ0v) is 11.3. The Morgan fingerprint density at radius 3 is 2.84 bits per heavy atom. The van der Waals surface area contributed by atoms with Crippen molar-refractivity contribution >= 4 is 5.97 Å². The second kappa shape index (κ2) is 5.64. The molecule has 0 bridgehead atoms. The van der Waals surface area contributed by atoms with Gasteiger partial charge in [-0.2, -0.15) is 5.10 Å². The Morgan fingerprint density at radius 1 is 1.42 bits per heavy atom. The number of aromatic nitrogens is 5. The Kier molecular flexibility index (Phi) is 3.94. The van der Waals surface area contributed by atoms with Crippen LogP contribution in [0.4, 0.5) is 0 Å². The zero-order valence-electron chi connectivity index (χ0n) is 11.3. The molecule has 0 saturated carbocycles. The van der Waals surface area contributed by atoms with Crippen LogP contribution in [0.1, 0.15) is 28.9 Å². The van der Waals surface area contributed by atoms with E-state index in [9.17, 15) is 4.79 Å². The van der Waals surface area contributed by atoms with Gasteiger partial charge in [-0.15, -0.1) is 10.2 Å². The molecule has 102 valence electrons. The highest BCUT2D eigenvalue weighted by Gasteiger charge is 2.17. The second-order valence-corrected chi connectivity index (χ2v) is 4.22. The molecular formula is C12H17N5O2. The van der Waals surface area contributed by atoms with E-state index in [1.165, 1.54) is 0 Å². The number of esters is 1. The van der Waals surface area contributed by atoms with Gasteiger partial charge in [0.2, 0.25) is 5.82 Å². The highest BCUT2D eigenvalue weighted by atomic mass is 16.5. The minimum Gasteiger partial charge on any atom is -0.460 e. The van der Waals surface area contributed by atoms with Crippen LogP contribution < -0.4 is 0 Å². The maximum absolute atomic E-state index is 11.7. The van der Waals surface area contributed by atoms with Crippen LogP contribution in [0.2, 0.25) is 0 Å². The highest BCUT2D eigenvalue weighted by Crippen LogP contribution is 2.07. The van der Waals surface area contributed by atoms with E-state index in [1.54, 1.807) is 16.2 Å². The molecule has 0 fully saturated rings. The van der Waals surface area contributed by atoms with Crippen LogP contribution in [-0.4, -0.2) is 37.1 Å². The van der Waals surface area contributed by atoms with Gasteiger partial charge in [0.25, 0.3) is 0 Å². The molecule has 0 aliphatic heterocycles. The lowest BCUT2D eigenvalue weighted by molar-refractivity contribution is 0.0505. The van der Waals surface area contributed by atoms with Crippen LogP contribution in [0.25, 0.3) is 0 Å². The summed E-state index contributed by atoms with van der Waals surface area (Å²) in [6.07, 6.45) is 4.52. The Hall–Kier alpha value is -2.18. The molecule has 0 aliphatic rings. The predicted octanol–water partition coefficient (Wildman–Crippen LogP) is 0.739. The van der Waals surface area contributed by atoms with Crippen molar-refractivity contribution in [1.29, 1.82) is 0 Å². The summed E-state index contributed by atoms with van der Waals surface area (Å²) in [5.41, 5.74) is 1.10. The van der Waals surface area contributed by atoms with Crippen molar-refractivity contribution in [1.82, 2.24) is 24.5 Å². The number of aryl methyl sites for hydroxylation is 3. The van der Waals surface area contributed by atoms with Gasteiger partial charge in [0.15, 0.2) is 0 Å². The SMILES string of the molecule is CCOC(=O)c1nnc(C)n1CCc1cnn(C)c1. The van der Waals surface area contributed by atoms with E-state index in [4.69, 9.17) is 4.74 Å². The summed E-state index contributed by atoms with van der Waals surface area (Å²) in [6, 6.07) is 0. The number of carbonyl (C=O) groups is 1. The number of ether oxygens (including phenoxy) is 1. The highest BCUT2D eigenvalue weighted by molar-refractivity contribution is 5.85. The van der Waals surface area contributed by atoms with Crippen molar-refractivity contribution in [2.75, 3.05) is 6.61 Å². The van der Waals surface area contributed by atoms with E-state index in [2.05, 4.69) is 15.3 Å². The number of nitrogens with zero attached hydrogens (tertiary/aromatic N) is 5. The molecule has 0 atom stereocenters. The van der Waals surface area contributed by atoms with Crippen molar-refractivity contribution < 1.29 is 9.53 Å². The van der Waals surface area contributed by atoms with Crippen molar-refractivity contribution in [3.05, 3.63) is 29.6 Å². The molecule has 0 aromatic carbocycles. The Morgan fingerprint density at radius 2 is 2.21 bits per heavy atom. The van der Waals surface area contributed by atoms with Gasteiger partial charge in [-0.25, -0.2) is 4.79 Å². The standard InChI is InChI=1S/C12H17N5O2/c1-4-19-12(18)11-15-14-9(2)17(11)6-5-10-7-13-16(3)8-10/h7-8H,4-6H2,1-3H3. The molecule has 0 N–H and O–H groups in total. The number of hydrogen-bond donors (Lipinski definition) is 0. The lowest BCUT2D eigenvalue weighted by Gasteiger charge is -2.06. The van der Waals surface area contributed by atoms with Crippen LogP contribution in [0.3, 0.4) is 0 Å². The van der Waals surface area contributed by atoms with E-state index in [1.807, 2.05) is 26.4 Å². The van der Waals surface area contributed by atoms with Gasteiger partial charge in [-0.1, -0.05) is 0 Å². The van der Waals surface area contributed by atoms with Crippen LogP contribution in [0, 0.1) is 6.92 Å². The molecule has 0 unspecified atom stereocenters. The Bertz CT molecular complexity index is 572. The number of rotatable bonds is 5. The van der Waals surface area contributed by atoms with E-state index >= 15 is 0 Å². The molecule has 2 heterocycles. The molecule has 0 amide bonds. The van der Waals surface area contributed by atoms with E-state index in [0.717, 1.165) is 12.0 Å². The van der Waals surface area contributed by atoms with Gasteiger partial charge >= 0.3 is 5.97 Å². The lowest BCUT2D eigenvalue weighted by atomic mass is 10.2. The van der Waals surface area contributed by atoms with Gasteiger partial charge in [0.1, 0.15) is 5.82 Å². The topological polar surface area (TPSA) is 74.8 Å². The molecule has 7 heteroatoms. The van der Waals surface area contributed by atoms with Gasteiger partial charge in [-0.3, -0.25) is 4.68 Å². The maximum atomic E-state index is 11.7. The molecule has 2 aromatic rings. The molecule has 0 spiro atoms. The van der Waals surface area contributed by atoms with Gasteiger partial charge in [0.05, 0.1) is 12.8 Å². The fraction of sp³-hybridized carbons (Fsp3) is 0.500. The fourth-order valence-electron chi connectivity index (χ4n) is 1.84. The third-order valence-corrected chi connectivity index (χ3v) is 2.78. The van der Waals surface area contributed by atoms with Crippen LogP contribution >= 0.6 is 0 Å². The third kappa shape index (κ3) is 2.98. The summed E-state index contributed by atoms with van der Waals surface area (Å²) in [5, 5.41) is 11.9. The number of carbonyl (C=O) groups excluding carboxylic acids is 1. The van der Waals surface area contributed by atoms with Crippen LogP contribution in [-0.2, 0) is 24.8 Å². The summed E-state index contributed by atoms with van der Waals surface area (Å²) < 4.78 is 8.48. The molecule has 2 rings (SSSR count). The third-order valence-electron chi connectivity index (χ3n) is 2.78. The first kappa shape index (κ1) is 13.3. The first-order valence-electron chi connectivity index (χ1n) is 6.16. The summed E-state index contributed by atoms with van der Waals surface area (Å²) in [5.74, 6) is 0.518. The van der Waals surface area contributed by atoms with Gasteiger partial charge in [0, 0.05) is 19.8 Å². The molecule has 7 nitrogen and oxygen atoms in total. The zero-order chi connectivity index (χ0) is 13.8. The molecule has 2 aromatic heterocycles. The first-order valence-corrected chi connectivity index (χ1v) is 6.16. The van der Waals surface area contributed by atoms with Crippen LogP contribution in [0.15, 0.2) is 12.4 Å². The maximum Gasteiger partial charge on any atom is 0.376 e. The minimum atomic E-state index is -0.436. The molecule has 0 radical (unpaired) electrons. The van der Waals surface area contributed by atoms with Crippen molar-refractivity contribution in [2.24, 2.45) is 7.05 Å². The van der Waals surface area contributed by atoms with Crippen molar-refractivity contribution in [3.8, 4) is 0 Å². The average Bonchev–Trinajstić information content (AvgIpc) is 2.94. The van der Waals surface area contributed by atoms with Gasteiger partial charge in [-0.05, 0) is 25.8 Å². The lowest BCUT2D eigenvalue weighted by Crippen LogP contribution is -2.15. The molecule has 0 aliphatic carbocycles. The molecular weight excluding hydrogens is 246 g/mol. The Labute approximate surface area is 111 Å². The summed E-state index contributed by atoms with van der Waals surface area (Å²) in [6.45, 7) is 4.53. The van der Waals surface area contributed by atoms with Crippen LogP contribution in [0.5, 0.6) is 0 Å². The normalized spacial score (nSPS) is 10.7. The average molecular weight is 263 g/mol. The fourth-order valence-corrected chi connectivity index (χ4v) is 1.84. The molecule has 0 saturated heterocycles. The second-order valence-electron chi connectivity index (χ2n) is 4.22. The summed E-state index contributed by atoms with van der Waals surface area (Å²) in [7, 11) is 1.87. The van der Waals surface area contributed by atoms with Crippen molar-refractivity contribution in [2.45, 2.75) is 26.8 Å². The van der Waals surface area contributed by atoms with Crippen molar-refractivity contribution in [3.63, 3.8) is 0 Å². The van der Waals surface area contributed by atoms with E-state index in [-0.39, 0.29) is 5.82 Å². The van der Waals surface area contributed by atoms with Gasteiger partial charge < -0.3 is 9.30 Å². The number of hydrogen-bond acceptors (Lipinski definition) is 5. The summed E-state index contributed by atoms with van der Waals surface area (Å²) >= 11 is 0. The summed E-state index contributed by atoms with van der Waals surface area (Å²) in [4.78, 5) is 11.7. The monoisotopic (exact) mass is 263 g/mol.